The number of hydrogen-bond donors (Lipinski definition) is 0. The molecule has 0 fully saturated rings. The van der Waals surface area contributed by atoms with Crippen molar-refractivity contribution in [1.82, 2.24) is 9.97 Å². The Kier molecular flexibility index (Phi) is 4.11. The monoisotopic (exact) mass is 314 g/mol. The molecule has 1 aromatic heterocycles. The third kappa shape index (κ3) is 2.97. The quantitative estimate of drug-likeness (QED) is 0.678. The van der Waals surface area contributed by atoms with Crippen LogP contribution in [0.25, 0.3) is 10.9 Å². The molecule has 0 spiro atoms. The van der Waals surface area contributed by atoms with Gasteiger partial charge >= 0.3 is 0 Å². The minimum atomic E-state index is 0.412. The van der Waals surface area contributed by atoms with Crippen molar-refractivity contribution in [3.63, 3.8) is 0 Å². The van der Waals surface area contributed by atoms with Gasteiger partial charge in [0, 0.05) is 11.5 Å². The fraction of sp³-hybridized carbons (Fsp3) is 0.176. The maximum absolute atomic E-state index is 6.17. The van der Waals surface area contributed by atoms with Crippen LogP contribution in [0.2, 0.25) is 5.15 Å². The van der Waals surface area contributed by atoms with E-state index in [1.54, 1.807) is 20.1 Å². The van der Waals surface area contributed by atoms with Crippen molar-refractivity contribution in [3.05, 3.63) is 59.0 Å². The Balaban J connectivity index is 1.97. The maximum Gasteiger partial charge on any atom is 0.163 e. The van der Waals surface area contributed by atoms with Gasteiger partial charge in [-0.05, 0) is 18.6 Å². The molecule has 22 heavy (non-hydrogen) atoms. The number of rotatable bonds is 4. The largest absolute Gasteiger partial charge is 0.493 e. The van der Waals surface area contributed by atoms with Crippen molar-refractivity contribution in [2.75, 3.05) is 7.11 Å². The number of methoxy groups -OCH3 is 1. The predicted molar refractivity (Wildman–Crippen MR) is 86.6 cm³/mol. The zero-order chi connectivity index (χ0) is 15.5. The standard InChI is InChI=1S/C17H15ClN2O2/c1-11-19-14-9-16(22-10-12-6-4-3-5-7-12)15(21-2)8-13(14)17(18)20-11/h3-9H,10H2,1-2H3. The molecular formula is C17H15ClN2O2. The van der Waals surface area contributed by atoms with E-state index in [2.05, 4.69) is 9.97 Å². The minimum Gasteiger partial charge on any atom is -0.493 e. The van der Waals surface area contributed by atoms with E-state index in [0.717, 1.165) is 16.5 Å². The fourth-order valence-electron chi connectivity index (χ4n) is 2.22. The Labute approximate surface area is 133 Å². The molecule has 0 amide bonds. The van der Waals surface area contributed by atoms with Crippen molar-refractivity contribution >= 4 is 22.5 Å². The first-order chi connectivity index (χ1) is 10.7. The summed E-state index contributed by atoms with van der Waals surface area (Å²) in [4.78, 5) is 8.55. The van der Waals surface area contributed by atoms with Crippen LogP contribution in [0.15, 0.2) is 42.5 Å². The second kappa shape index (κ2) is 6.20. The Bertz CT molecular complexity index is 807. The van der Waals surface area contributed by atoms with Crippen LogP contribution < -0.4 is 9.47 Å². The lowest BCUT2D eigenvalue weighted by molar-refractivity contribution is 0.285. The molecule has 0 saturated heterocycles. The summed E-state index contributed by atoms with van der Waals surface area (Å²) in [5.41, 5.74) is 1.82. The van der Waals surface area contributed by atoms with Crippen molar-refractivity contribution in [3.8, 4) is 11.5 Å². The molecular weight excluding hydrogens is 300 g/mol. The van der Waals surface area contributed by atoms with Gasteiger partial charge in [0.15, 0.2) is 11.5 Å². The van der Waals surface area contributed by atoms with Gasteiger partial charge in [-0.1, -0.05) is 41.9 Å². The first-order valence-corrected chi connectivity index (χ1v) is 7.24. The Morgan fingerprint density at radius 1 is 1.05 bits per heavy atom. The third-order valence-corrected chi connectivity index (χ3v) is 3.57. The number of ether oxygens (including phenoxy) is 2. The van der Waals surface area contributed by atoms with E-state index in [4.69, 9.17) is 21.1 Å². The van der Waals surface area contributed by atoms with E-state index < -0.39 is 0 Å². The molecule has 3 rings (SSSR count). The molecule has 0 N–H and O–H groups in total. The van der Waals surface area contributed by atoms with Gasteiger partial charge in [-0.3, -0.25) is 0 Å². The van der Waals surface area contributed by atoms with E-state index in [0.29, 0.717) is 29.1 Å². The normalized spacial score (nSPS) is 10.7. The number of aryl methyl sites for hydroxylation is 1. The van der Waals surface area contributed by atoms with Crippen molar-refractivity contribution < 1.29 is 9.47 Å². The molecule has 5 heteroatoms. The zero-order valence-corrected chi connectivity index (χ0v) is 13.1. The Morgan fingerprint density at radius 2 is 1.82 bits per heavy atom. The highest BCUT2D eigenvalue weighted by atomic mass is 35.5. The van der Waals surface area contributed by atoms with Gasteiger partial charge in [0.05, 0.1) is 12.6 Å². The van der Waals surface area contributed by atoms with Gasteiger partial charge < -0.3 is 9.47 Å². The molecule has 0 saturated carbocycles. The summed E-state index contributed by atoms with van der Waals surface area (Å²) in [6, 6.07) is 13.6. The molecule has 0 radical (unpaired) electrons. The smallest absolute Gasteiger partial charge is 0.163 e. The molecule has 0 bridgehead atoms. The van der Waals surface area contributed by atoms with Crippen LogP contribution >= 0.6 is 11.6 Å². The van der Waals surface area contributed by atoms with Crippen LogP contribution in [0.1, 0.15) is 11.4 Å². The second-order valence-corrected chi connectivity index (χ2v) is 5.21. The molecule has 1 heterocycles. The van der Waals surface area contributed by atoms with Crippen LogP contribution in [0, 0.1) is 6.92 Å². The van der Waals surface area contributed by atoms with Crippen molar-refractivity contribution in [1.29, 1.82) is 0 Å². The van der Waals surface area contributed by atoms with E-state index in [1.807, 2.05) is 36.4 Å². The van der Waals surface area contributed by atoms with Gasteiger partial charge in [0.1, 0.15) is 17.6 Å². The molecule has 3 aromatic rings. The van der Waals surface area contributed by atoms with Crippen LogP contribution in [0.4, 0.5) is 0 Å². The predicted octanol–water partition coefficient (Wildman–Crippen LogP) is 4.18. The van der Waals surface area contributed by atoms with E-state index in [9.17, 15) is 0 Å². The van der Waals surface area contributed by atoms with Gasteiger partial charge in [0.25, 0.3) is 0 Å². The number of hydrogen-bond acceptors (Lipinski definition) is 4. The summed E-state index contributed by atoms with van der Waals surface area (Å²) < 4.78 is 11.3. The number of halogens is 1. The highest BCUT2D eigenvalue weighted by Crippen LogP contribution is 2.34. The van der Waals surface area contributed by atoms with Gasteiger partial charge in [0.2, 0.25) is 0 Å². The first kappa shape index (κ1) is 14.6. The number of benzene rings is 2. The van der Waals surface area contributed by atoms with E-state index in [1.165, 1.54) is 0 Å². The summed E-state index contributed by atoms with van der Waals surface area (Å²) in [7, 11) is 1.60. The average Bonchev–Trinajstić information content (AvgIpc) is 2.53. The Hall–Kier alpha value is -2.33. The van der Waals surface area contributed by atoms with Gasteiger partial charge in [-0.2, -0.15) is 0 Å². The van der Waals surface area contributed by atoms with Crippen molar-refractivity contribution in [2.45, 2.75) is 13.5 Å². The molecule has 0 aliphatic rings. The topological polar surface area (TPSA) is 44.2 Å². The maximum atomic E-state index is 6.17. The molecule has 112 valence electrons. The SMILES string of the molecule is COc1cc2c(Cl)nc(C)nc2cc1OCc1ccccc1. The van der Waals surface area contributed by atoms with E-state index >= 15 is 0 Å². The number of nitrogens with zero attached hydrogens (tertiary/aromatic N) is 2. The minimum absolute atomic E-state index is 0.412. The lowest BCUT2D eigenvalue weighted by Crippen LogP contribution is -1.99. The number of fused-ring (bicyclic) bond motifs is 1. The highest BCUT2D eigenvalue weighted by Gasteiger charge is 2.11. The van der Waals surface area contributed by atoms with Gasteiger partial charge in [-0.25, -0.2) is 9.97 Å². The Morgan fingerprint density at radius 3 is 2.55 bits per heavy atom. The molecule has 4 nitrogen and oxygen atoms in total. The summed E-state index contributed by atoms with van der Waals surface area (Å²) in [6.45, 7) is 2.26. The first-order valence-electron chi connectivity index (χ1n) is 6.86. The second-order valence-electron chi connectivity index (χ2n) is 4.86. The average molecular weight is 315 g/mol. The summed E-state index contributed by atoms with van der Waals surface area (Å²) in [5, 5.41) is 1.16. The van der Waals surface area contributed by atoms with Crippen molar-refractivity contribution in [2.24, 2.45) is 0 Å². The van der Waals surface area contributed by atoms with Crippen LogP contribution in [0.5, 0.6) is 11.5 Å². The summed E-state index contributed by atoms with van der Waals surface area (Å²) in [5.74, 6) is 1.86. The van der Waals surface area contributed by atoms with Gasteiger partial charge in [-0.15, -0.1) is 0 Å². The molecule has 2 aromatic carbocycles. The zero-order valence-electron chi connectivity index (χ0n) is 12.3. The fourth-order valence-corrected chi connectivity index (χ4v) is 2.49. The van der Waals surface area contributed by atoms with Crippen LogP contribution in [0.3, 0.4) is 0 Å². The van der Waals surface area contributed by atoms with Crippen LogP contribution in [-0.4, -0.2) is 17.1 Å². The molecule has 0 aliphatic carbocycles. The molecule has 0 aliphatic heterocycles. The summed E-state index contributed by atoms with van der Waals surface area (Å²) in [6.07, 6.45) is 0. The lowest BCUT2D eigenvalue weighted by Gasteiger charge is -2.12. The van der Waals surface area contributed by atoms with E-state index in [-0.39, 0.29) is 0 Å². The molecule has 0 atom stereocenters. The highest BCUT2D eigenvalue weighted by molar-refractivity contribution is 6.34. The summed E-state index contributed by atoms with van der Waals surface area (Å²) >= 11 is 6.17. The lowest BCUT2D eigenvalue weighted by atomic mass is 10.2. The third-order valence-electron chi connectivity index (χ3n) is 3.28. The number of aromatic nitrogens is 2. The molecule has 0 unspecified atom stereocenters. The van der Waals surface area contributed by atoms with Crippen LogP contribution in [-0.2, 0) is 6.61 Å².